The van der Waals surface area contributed by atoms with Crippen LogP contribution in [0.15, 0.2) is 24.3 Å². The zero-order valence-corrected chi connectivity index (χ0v) is 10.9. The van der Waals surface area contributed by atoms with Crippen molar-refractivity contribution in [2.24, 2.45) is 0 Å². The van der Waals surface area contributed by atoms with Gasteiger partial charge in [0, 0.05) is 13.1 Å². The van der Waals surface area contributed by atoms with Crippen LogP contribution in [0.3, 0.4) is 0 Å². The molecule has 0 saturated carbocycles. The number of methoxy groups -OCH3 is 1. The van der Waals surface area contributed by atoms with E-state index in [4.69, 9.17) is 9.47 Å². The average Bonchev–Trinajstić information content (AvgIpc) is 2.34. The molecule has 0 N–H and O–H groups in total. The molecule has 1 amide bonds. The molecule has 0 radical (unpaired) electrons. The predicted molar refractivity (Wildman–Crippen MR) is 68.4 cm³/mol. The van der Waals surface area contributed by atoms with Gasteiger partial charge in [0.2, 0.25) is 0 Å². The van der Waals surface area contributed by atoms with Crippen LogP contribution in [-0.2, 0) is 16.1 Å². The lowest BCUT2D eigenvalue weighted by Crippen LogP contribution is -2.47. The van der Waals surface area contributed by atoms with Gasteiger partial charge < -0.3 is 14.4 Å². The van der Waals surface area contributed by atoms with Crippen molar-refractivity contribution in [2.75, 3.05) is 20.2 Å². The topological polar surface area (TPSA) is 38.8 Å². The smallest absolute Gasteiger partial charge is 0.251 e. The van der Waals surface area contributed by atoms with Crippen LogP contribution in [-0.4, -0.2) is 37.1 Å². The number of likely N-dealkylation sites (tertiary alicyclic amines) is 1. The summed E-state index contributed by atoms with van der Waals surface area (Å²) < 4.78 is 10.7. The van der Waals surface area contributed by atoms with Gasteiger partial charge >= 0.3 is 0 Å². The Labute approximate surface area is 107 Å². The van der Waals surface area contributed by atoms with Crippen LogP contribution in [0.2, 0.25) is 0 Å². The summed E-state index contributed by atoms with van der Waals surface area (Å²) in [4.78, 5) is 13.7. The molecular formula is C14H19NO3. The first-order valence-electron chi connectivity index (χ1n) is 6.24. The molecule has 0 unspecified atom stereocenters. The van der Waals surface area contributed by atoms with Gasteiger partial charge in [0.15, 0.2) is 0 Å². The zero-order chi connectivity index (χ0) is 13.0. The van der Waals surface area contributed by atoms with Gasteiger partial charge in [0.25, 0.3) is 5.91 Å². The minimum Gasteiger partial charge on any atom is -0.497 e. The highest BCUT2D eigenvalue weighted by Gasteiger charge is 2.25. The van der Waals surface area contributed by atoms with Crippen LogP contribution in [0, 0.1) is 0 Å². The number of hydrogen-bond acceptors (Lipinski definition) is 3. The molecular weight excluding hydrogens is 230 g/mol. The molecule has 1 aliphatic rings. The lowest BCUT2D eigenvalue weighted by Gasteiger charge is -2.33. The highest BCUT2D eigenvalue weighted by molar-refractivity contribution is 5.81. The Morgan fingerprint density at radius 3 is 2.83 bits per heavy atom. The van der Waals surface area contributed by atoms with E-state index in [0.29, 0.717) is 6.61 Å². The average molecular weight is 249 g/mol. The fourth-order valence-corrected chi connectivity index (χ4v) is 1.85. The Kier molecular flexibility index (Phi) is 4.20. The monoisotopic (exact) mass is 249 g/mol. The first-order chi connectivity index (χ1) is 8.70. The van der Waals surface area contributed by atoms with Gasteiger partial charge in [0.05, 0.1) is 13.7 Å². The quantitative estimate of drug-likeness (QED) is 0.799. The van der Waals surface area contributed by atoms with Crippen molar-refractivity contribution in [1.82, 2.24) is 4.90 Å². The number of ether oxygens (including phenoxy) is 2. The fourth-order valence-electron chi connectivity index (χ4n) is 1.85. The lowest BCUT2D eigenvalue weighted by atomic mass is 10.2. The largest absolute Gasteiger partial charge is 0.497 e. The van der Waals surface area contributed by atoms with Crippen LogP contribution >= 0.6 is 0 Å². The molecule has 0 bridgehead atoms. The summed E-state index contributed by atoms with van der Waals surface area (Å²) >= 11 is 0. The molecule has 4 heteroatoms. The maximum atomic E-state index is 11.8. The molecule has 18 heavy (non-hydrogen) atoms. The second-order valence-corrected chi connectivity index (χ2v) is 4.48. The van der Waals surface area contributed by atoms with E-state index in [0.717, 1.165) is 30.8 Å². The number of carbonyl (C=O) groups is 1. The summed E-state index contributed by atoms with van der Waals surface area (Å²) in [5, 5.41) is 0. The predicted octanol–water partition coefficient (Wildman–Crippen LogP) is 1.83. The molecule has 2 rings (SSSR count). The van der Waals surface area contributed by atoms with E-state index in [2.05, 4.69) is 0 Å². The highest BCUT2D eigenvalue weighted by atomic mass is 16.5. The number of hydrogen-bond donors (Lipinski definition) is 0. The molecule has 0 aromatic heterocycles. The summed E-state index contributed by atoms with van der Waals surface area (Å²) in [5.74, 6) is 0.891. The Morgan fingerprint density at radius 2 is 2.22 bits per heavy atom. The second kappa shape index (κ2) is 5.87. The van der Waals surface area contributed by atoms with Crippen molar-refractivity contribution >= 4 is 5.91 Å². The van der Waals surface area contributed by atoms with Crippen LogP contribution in [0.4, 0.5) is 0 Å². The van der Waals surface area contributed by atoms with E-state index in [1.807, 2.05) is 29.2 Å². The van der Waals surface area contributed by atoms with Crippen LogP contribution in [0.25, 0.3) is 0 Å². The van der Waals surface area contributed by atoms with Gasteiger partial charge in [-0.3, -0.25) is 4.79 Å². The minimum atomic E-state index is -0.378. The molecule has 1 fully saturated rings. The lowest BCUT2D eigenvalue weighted by molar-refractivity contribution is -0.147. The van der Waals surface area contributed by atoms with Crippen molar-refractivity contribution in [2.45, 2.75) is 26.1 Å². The van der Waals surface area contributed by atoms with Crippen LogP contribution < -0.4 is 4.74 Å². The molecule has 0 aliphatic carbocycles. The molecule has 1 aromatic carbocycles. The SMILES string of the molecule is COc1cccc(CO[C@H](C)C(=O)N2CCC2)c1. The summed E-state index contributed by atoms with van der Waals surface area (Å²) in [5.41, 5.74) is 1.01. The Hall–Kier alpha value is -1.55. The summed E-state index contributed by atoms with van der Waals surface area (Å²) in [6.07, 6.45) is 0.727. The maximum absolute atomic E-state index is 11.8. The summed E-state index contributed by atoms with van der Waals surface area (Å²) in [6.45, 7) is 3.97. The second-order valence-electron chi connectivity index (χ2n) is 4.48. The van der Waals surface area contributed by atoms with Gasteiger partial charge in [-0.25, -0.2) is 0 Å². The third kappa shape index (κ3) is 3.01. The highest BCUT2D eigenvalue weighted by Crippen LogP contribution is 2.15. The molecule has 1 aliphatic heterocycles. The molecule has 0 spiro atoms. The molecule has 1 saturated heterocycles. The van der Waals surface area contributed by atoms with Crippen molar-refractivity contribution < 1.29 is 14.3 Å². The van der Waals surface area contributed by atoms with E-state index in [1.54, 1.807) is 14.0 Å². The number of rotatable bonds is 5. The van der Waals surface area contributed by atoms with E-state index in [9.17, 15) is 4.79 Å². The Bertz CT molecular complexity index is 415. The zero-order valence-electron chi connectivity index (χ0n) is 10.9. The third-order valence-corrected chi connectivity index (χ3v) is 3.15. The van der Waals surface area contributed by atoms with E-state index in [1.165, 1.54) is 0 Å². The number of nitrogens with zero attached hydrogens (tertiary/aromatic N) is 1. The van der Waals surface area contributed by atoms with Crippen LogP contribution in [0.1, 0.15) is 18.9 Å². The fraction of sp³-hybridized carbons (Fsp3) is 0.500. The standard InChI is InChI=1S/C14H19NO3/c1-11(14(16)15-7-4-8-15)18-10-12-5-3-6-13(9-12)17-2/h3,5-6,9,11H,4,7-8,10H2,1-2H3/t11-/m1/s1. The van der Waals surface area contributed by atoms with Crippen molar-refractivity contribution in [3.8, 4) is 5.75 Å². The summed E-state index contributed by atoms with van der Waals surface area (Å²) in [7, 11) is 1.63. The Morgan fingerprint density at radius 1 is 1.44 bits per heavy atom. The van der Waals surface area contributed by atoms with Gasteiger partial charge in [0.1, 0.15) is 11.9 Å². The van der Waals surface area contributed by atoms with E-state index >= 15 is 0 Å². The molecule has 98 valence electrons. The number of benzene rings is 1. The molecule has 1 atom stereocenters. The first-order valence-corrected chi connectivity index (χ1v) is 6.24. The number of amides is 1. The van der Waals surface area contributed by atoms with Crippen LogP contribution in [0.5, 0.6) is 5.75 Å². The number of carbonyl (C=O) groups excluding carboxylic acids is 1. The normalized spacial score (nSPS) is 16.0. The van der Waals surface area contributed by atoms with Crippen molar-refractivity contribution in [3.63, 3.8) is 0 Å². The maximum Gasteiger partial charge on any atom is 0.251 e. The Balaban J connectivity index is 1.84. The van der Waals surface area contributed by atoms with Crippen molar-refractivity contribution in [3.05, 3.63) is 29.8 Å². The van der Waals surface area contributed by atoms with Gasteiger partial charge in [-0.2, -0.15) is 0 Å². The third-order valence-electron chi connectivity index (χ3n) is 3.15. The summed E-state index contributed by atoms with van der Waals surface area (Å²) in [6, 6.07) is 7.68. The first kappa shape index (κ1) is 12.9. The molecule has 1 aromatic rings. The molecule has 4 nitrogen and oxygen atoms in total. The van der Waals surface area contributed by atoms with Crippen molar-refractivity contribution in [1.29, 1.82) is 0 Å². The van der Waals surface area contributed by atoms with E-state index in [-0.39, 0.29) is 12.0 Å². The molecule has 1 heterocycles. The van der Waals surface area contributed by atoms with Gasteiger partial charge in [-0.05, 0) is 31.0 Å². The van der Waals surface area contributed by atoms with Gasteiger partial charge in [-0.15, -0.1) is 0 Å². The van der Waals surface area contributed by atoms with E-state index < -0.39 is 0 Å². The van der Waals surface area contributed by atoms with Gasteiger partial charge in [-0.1, -0.05) is 12.1 Å². The minimum absolute atomic E-state index is 0.0872.